The standard InChI is InChI=1S/C17H14O5S/c1-20-11-7-14(21-2)17-13(19)9-16(22-15(17)8-11)23-12-5-3-4-10(18)6-12/h3-9,18H,1-2H3. The maximum absolute atomic E-state index is 12.4. The quantitative estimate of drug-likeness (QED) is 0.787. The second-order valence-electron chi connectivity index (χ2n) is 4.73. The molecular weight excluding hydrogens is 316 g/mol. The largest absolute Gasteiger partial charge is 0.508 e. The van der Waals surface area contributed by atoms with Gasteiger partial charge in [-0.05, 0) is 18.2 Å². The van der Waals surface area contributed by atoms with E-state index in [1.165, 1.54) is 32.0 Å². The maximum atomic E-state index is 12.4. The van der Waals surface area contributed by atoms with Crippen molar-refractivity contribution in [2.75, 3.05) is 14.2 Å². The van der Waals surface area contributed by atoms with Crippen LogP contribution in [-0.2, 0) is 0 Å². The van der Waals surface area contributed by atoms with Gasteiger partial charge in [0.2, 0.25) is 0 Å². The third-order valence-electron chi connectivity index (χ3n) is 3.24. The van der Waals surface area contributed by atoms with Gasteiger partial charge in [0.1, 0.15) is 28.2 Å². The molecule has 1 N–H and O–H groups in total. The predicted octanol–water partition coefficient (Wildman–Crippen LogP) is 3.67. The summed E-state index contributed by atoms with van der Waals surface area (Å²) in [6.45, 7) is 0. The molecule has 0 atom stereocenters. The first-order valence-electron chi connectivity index (χ1n) is 6.77. The number of rotatable bonds is 4. The third kappa shape index (κ3) is 3.12. The lowest BCUT2D eigenvalue weighted by Crippen LogP contribution is -2.03. The average Bonchev–Trinajstić information content (AvgIpc) is 2.53. The molecule has 0 aliphatic carbocycles. The Labute approximate surface area is 136 Å². The topological polar surface area (TPSA) is 68.9 Å². The summed E-state index contributed by atoms with van der Waals surface area (Å²) >= 11 is 1.25. The molecule has 0 saturated carbocycles. The van der Waals surface area contributed by atoms with Crippen LogP contribution in [0, 0.1) is 0 Å². The van der Waals surface area contributed by atoms with Crippen LogP contribution in [0.2, 0.25) is 0 Å². The number of ether oxygens (including phenoxy) is 2. The van der Waals surface area contributed by atoms with E-state index >= 15 is 0 Å². The van der Waals surface area contributed by atoms with Gasteiger partial charge in [0.25, 0.3) is 0 Å². The molecule has 2 aromatic carbocycles. The predicted molar refractivity (Wildman–Crippen MR) is 87.8 cm³/mol. The summed E-state index contributed by atoms with van der Waals surface area (Å²) in [6.07, 6.45) is 0. The van der Waals surface area contributed by atoms with Gasteiger partial charge < -0.3 is 19.0 Å². The van der Waals surface area contributed by atoms with E-state index in [4.69, 9.17) is 13.9 Å². The Morgan fingerprint density at radius 3 is 2.61 bits per heavy atom. The number of benzene rings is 2. The summed E-state index contributed by atoms with van der Waals surface area (Å²) in [6, 6.07) is 11.4. The summed E-state index contributed by atoms with van der Waals surface area (Å²) in [5.74, 6) is 1.10. The molecule has 0 fully saturated rings. The molecular formula is C17H14O5S. The maximum Gasteiger partial charge on any atom is 0.197 e. The molecule has 0 aliphatic heterocycles. The van der Waals surface area contributed by atoms with Gasteiger partial charge in [-0.15, -0.1) is 0 Å². The minimum Gasteiger partial charge on any atom is -0.508 e. The molecule has 0 unspecified atom stereocenters. The second-order valence-corrected chi connectivity index (χ2v) is 5.81. The van der Waals surface area contributed by atoms with Crippen molar-refractivity contribution < 1.29 is 19.0 Å². The Hall–Kier alpha value is -2.60. The normalized spacial score (nSPS) is 10.7. The lowest BCUT2D eigenvalue weighted by Gasteiger charge is -2.09. The molecule has 118 valence electrons. The molecule has 0 amide bonds. The minimum atomic E-state index is -0.201. The van der Waals surface area contributed by atoms with Crippen LogP contribution in [0.15, 0.2) is 61.7 Å². The molecule has 3 aromatic rings. The van der Waals surface area contributed by atoms with E-state index in [1.54, 1.807) is 30.3 Å². The third-order valence-corrected chi connectivity index (χ3v) is 4.13. The van der Waals surface area contributed by atoms with Crippen molar-refractivity contribution in [3.05, 3.63) is 52.7 Å². The Kier molecular flexibility index (Phi) is 4.16. The number of hydrogen-bond donors (Lipinski definition) is 1. The highest BCUT2D eigenvalue weighted by atomic mass is 32.2. The minimum absolute atomic E-state index is 0.154. The molecule has 0 bridgehead atoms. The molecule has 0 aliphatic rings. The van der Waals surface area contributed by atoms with Gasteiger partial charge in [-0.25, -0.2) is 0 Å². The van der Waals surface area contributed by atoms with Crippen molar-refractivity contribution in [1.82, 2.24) is 0 Å². The van der Waals surface area contributed by atoms with Crippen LogP contribution >= 0.6 is 11.8 Å². The number of phenolic OH excluding ortho intramolecular Hbond substituents is 1. The highest BCUT2D eigenvalue weighted by Crippen LogP contribution is 2.34. The zero-order chi connectivity index (χ0) is 16.4. The van der Waals surface area contributed by atoms with E-state index in [0.717, 1.165) is 4.90 Å². The monoisotopic (exact) mass is 330 g/mol. The summed E-state index contributed by atoms with van der Waals surface area (Å²) in [7, 11) is 3.02. The first-order chi connectivity index (χ1) is 11.1. The van der Waals surface area contributed by atoms with Gasteiger partial charge in [-0.2, -0.15) is 0 Å². The summed E-state index contributed by atoms with van der Waals surface area (Å²) in [5.41, 5.74) is 0.185. The van der Waals surface area contributed by atoms with Crippen molar-refractivity contribution in [3.8, 4) is 17.2 Å². The van der Waals surface area contributed by atoms with E-state index < -0.39 is 0 Å². The van der Waals surface area contributed by atoms with Gasteiger partial charge in [0, 0.05) is 23.1 Å². The lowest BCUT2D eigenvalue weighted by atomic mass is 10.2. The smallest absolute Gasteiger partial charge is 0.197 e. The van der Waals surface area contributed by atoms with Crippen LogP contribution in [0.3, 0.4) is 0 Å². The molecule has 0 spiro atoms. The number of aromatic hydroxyl groups is 1. The van der Waals surface area contributed by atoms with E-state index in [1.807, 2.05) is 6.07 Å². The summed E-state index contributed by atoms with van der Waals surface area (Å²) < 4.78 is 16.2. The van der Waals surface area contributed by atoms with Gasteiger partial charge in [-0.1, -0.05) is 17.8 Å². The van der Waals surface area contributed by atoms with Crippen LogP contribution < -0.4 is 14.9 Å². The van der Waals surface area contributed by atoms with Gasteiger partial charge in [0.05, 0.1) is 14.2 Å². The number of hydrogen-bond acceptors (Lipinski definition) is 6. The van der Waals surface area contributed by atoms with Crippen molar-refractivity contribution >= 4 is 22.7 Å². The summed E-state index contributed by atoms with van der Waals surface area (Å²) in [4.78, 5) is 13.2. The zero-order valence-corrected chi connectivity index (χ0v) is 13.3. The lowest BCUT2D eigenvalue weighted by molar-refractivity contribution is 0.394. The van der Waals surface area contributed by atoms with Gasteiger partial charge in [0.15, 0.2) is 10.5 Å². The van der Waals surface area contributed by atoms with E-state index in [-0.39, 0.29) is 11.2 Å². The molecule has 1 heterocycles. The van der Waals surface area contributed by atoms with E-state index in [0.29, 0.717) is 27.6 Å². The van der Waals surface area contributed by atoms with Crippen LogP contribution in [0.5, 0.6) is 17.2 Å². The Morgan fingerprint density at radius 2 is 1.91 bits per heavy atom. The molecule has 3 rings (SSSR count). The fraction of sp³-hybridized carbons (Fsp3) is 0.118. The summed E-state index contributed by atoms with van der Waals surface area (Å²) in [5, 5.41) is 10.3. The number of fused-ring (bicyclic) bond motifs is 1. The second kappa shape index (κ2) is 6.26. The molecule has 0 radical (unpaired) electrons. The first kappa shape index (κ1) is 15.3. The van der Waals surface area contributed by atoms with Crippen molar-refractivity contribution in [2.45, 2.75) is 9.99 Å². The van der Waals surface area contributed by atoms with Crippen LogP contribution in [0.1, 0.15) is 0 Å². The highest BCUT2D eigenvalue weighted by molar-refractivity contribution is 7.99. The first-order valence-corrected chi connectivity index (χ1v) is 7.59. The Bertz CT molecular complexity index is 916. The number of phenols is 1. The van der Waals surface area contributed by atoms with Crippen LogP contribution in [-0.4, -0.2) is 19.3 Å². The van der Waals surface area contributed by atoms with Gasteiger partial charge >= 0.3 is 0 Å². The van der Waals surface area contributed by atoms with E-state index in [2.05, 4.69) is 0 Å². The zero-order valence-electron chi connectivity index (χ0n) is 12.5. The molecule has 1 aromatic heterocycles. The Morgan fingerprint density at radius 1 is 1.09 bits per heavy atom. The molecule has 6 heteroatoms. The average molecular weight is 330 g/mol. The van der Waals surface area contributed by atoms with Crippen molar-refractivity contribution in [1.29, 1.82) is 0 Å². The molecule has 23 heavy (non-hydrogen) atoms. The van der Waals surface area contributed by atoms with Gasteiger partial charge in [-0.3, -0.25) is 4.79 Å². The highest BCUT2D eigenvalue weighted by Gasteiger charge is 2.13. The van der Waals surface area contributed by atoms with E-state index in [9.17, 15) is 9.90 Å². The Balaban J connectivity index is 2.11. The molecule has 0 saturated heterocycles. The number of methoxy groups -OCH3 is 2. The molecule has 5 nitrogen and oxygen atoms in total. The van der Waals surface area contributed by atoms with Crippen LogP contribution in [0.25, 0.3) is 11.0 Å². The van der Waals surface area contributed by atoms with Crippen molar-refractivity contribution in [3.63, 3.8) is 0 Å². The SMILES string of the molecule is COc1cc(OC)c2c(=O)cc(Sc3cccc(O)c3)oc2c1. The fourth-order valence-corrected chi connectivity index (χ4v) is 3.05. The fourth-order valence-electron chi connectivity index (χ4n) is 2.20. The van der Waals surface area contributed by atoms with Crippen LogP contribution in [0.4, 0.5) is 0 Å². The van der Waals surface area contributed by atoms with Crippen molar-refractivity contribution in [2.24, 2.45) is 0 Å².